The molecule has 1 heterocycles. The maximum Gasteiger partial charge on any atom is 0.238 e. The lowest BCUT2D eigenvalue weighted by atomic mass is 9.85. The van der Waals surface area contributed by atoms with Crippen LogP contribution in [0.5, 0.6) is 11.5 Å². The third-order valence-electron chi connectivity index (χ3n) is 4.86. The van der Waals surface area contributed by atoms with Gasteiger partial charge in [0.05, 0.1) is 12.2 Å². The van der Waals surface area contributed by atoms with E-state index in [1.54, 1.807) is 13.0 Å². The first-order valence-corrected chi connectivity index (χ1v) is 8.33. The van der Waals surface area contributed by atoms with Crippen molar-refractivity contribution >= 4 is 11.0 Å². The van der Waals surface area contributed by atoms with Crippen LogP contribution in [0.3, 0.4) is 0 Å². The molecule has 4 atom stereocenters. The van der Waals surface area contributed by atoms with E-state index in [1.165, 1.54) is 6.07 Å². The standard InChI is InChI=1S/C18H22O7/c1-8-5-11(20)14-13(6-8)25-18(17(24)16(14)23)9-3-2-4-10(19)15(22)12(21)7-9/h5-6,9-10,12,15,19-22,24H,2-4,7H2,1H3. The monoisotopic (exact) mass is 350 g/mol. The highest BCUT2D eigenvalue weighted by Crippen LogP contribution is 2.37. The van der Waals surface area contributed by atoms with Crippen molar-refractivity contribution in [2.45, 2.75) is 56.8 Å². The average Bonchev–Trinajstić information content (AvgIpc) is 2.54. The van der Waals surface area contributed by atoms with E-state index < -0.39 is 35.4 Å². The van der Waals surface area contributed by atoms with Gasteiger partial charge in [-0.05, 0) is 43.9 Å². The molecule has 2 aromatic rings. The van der Waals surface area contributed by atoms with E-state index in [0.717, 1.165) is 0 Å². The first-order valence-electron chi connectivity index (χ1n) is 8.33. The van der Waals surface area contributed by atoms with E-state index in [-0.39, 0.29) is 28.9 Å². The normalized spacial score (nSPS) is 27.8. The molecule has 1 saturated carbocycles. The summed E-state index contributed by atoms with van der Waals surface area (Å²) in [4.78, 5) is 12.5. The van der Waals surface area contributed by atoms with Crippen molar-refractivity contribution < 1.29 is 29.9 Å². The predicted molar refractivity (Wildman–Crippen MR) is 89.8 cm³/mol. The number of rotatable bonds is 1. The zero-order chi connectivity index (χ0) is 18.3. The van der Waals surface area contributed by atoms with Crippen LogP contribution in [0.25, 0.3) is 11.0 Å². The van der Waals surface area contributed by atoms with Crippen molar-refractivity contribution in [3.05, 3.63) is 33.7 Å². The second kappa shape index (κ2) is 6.67. The number of benzene rings is 1. The minimum atomic E-state index is -1.29. The maximum absolute atomic E-state index is 12.5. The van der Waals surface area contributed by atoms with E-state index in [0.29, 0.717) is 24.8 Å². The van der Waals surface area contributed by atoms with E-state index >= 15 is 0 Å². The molecule has 1 aromatic heterocycles. The Balaban J connectivity index is 2.08. The molecule has 0 aliphatic heterocycles. The smallest absolute Gasteiger partial charge is 0.238 e. The number of aromatic hydroxyl groups is 2. The Hall–Kier alpha value is -2.09. The number of phenolic OH excluding ortho intramolecular Hbond substituents is 1. The van der Waals surface area contributed by atoms with Crippen molar-refractivity contribution in [1.82, 2.24) is 0 Å². The van der Waals surface area contributed by atoms with Crippen molar-refractivity contribution in [2.24, 2.45) is 0 Å². The average molecular weight is 350 g/mol. The number of aliphatic hydroxyl groups is 3. The lowest BCUT2D eigenvalue weighted by Gasteiger charge is -2.29. The van der Waals surface area contributed by atoms with Gasteiger partial charge in [0.25, 0.3) is 0 Å². The van der Waals surface area contributed by atoms with Crippen LogP contribution >= 0.6 is 0 Å². The summed E-state index contributed by atoms with van der Waals surface area (Å²) in [6.45, 7) is 1.74. The van der Waals surface area contributed by atoms with Crippen LogP contribution in [0, 0.1) is 6.92 Å². The van der Waals surface area contributed by atoms with Gasteiger partial charge in [-0.15, -0.1) is 0 Å². The molecule has 3 rings (SSSR count). The highest BCUT2D eigenvalue weighted by atomic mass is 16.4. The molecule has 0 bridgehead atoms. The quantitative estimate of drug-likeness (QED) is 0.523. The van der Waals surface area contributed by atoms with Gasteiger partial charge < -0.3 is 29.9 Å². The zero-order valence-corrected chi connectivity index (χ0v) is 13.8. The molecule has 0 radical (unpaired) electrons. The SMILES string of the molecule is Cc1cc(O)c2c(=O)c(O)c(C3CCCC(O)C(O)C(O)C3)oc2c1. The van der Waals surface area contributed by atoms with Crippen molar-refractivity contribution in [2.75, 3.05) is 0 Å². The summed E-state index contributed by atoms with van der Waals surface area (Å²) in [7, 11) is 0. The molecular weight excluding hydrogens is 328 g/mol. The number of fused-ring (bicyclic) bond motifs is 1. The van der Waals surface area contributed by atoms with E-state index in [4.69, 9.17) is 4.42 Å². The predicted octanol–water partition coefficient (Wildman–Crippen LogP) is 1.25. The summed E-state index contributed by atoms with van der Waals surface area (Å²) in [6, 6.07) is 3.01. The molecule has 1 aliphatic rings. The third kappa shape index (κ3) is 3.22. The van der Waals surface area contributed by atoms with Crippen LogP contribution in [0.2, 0.25) is 0 Å². The number of aliphatic hydroxyl groups excluding tert-OH is 3. The summed E-state index contributed by atoms with van der Waals surface area (Å²) >= 11 is 0. The van der Waals surface area contributed by atoms with Crippen molar-refractivity contribution in [3.63, 3.8) is 0 Å². The second-order valence-electron chi connectivity index (χ2n) is 6.79. The zero-order valence-electron chi connectivity index (χ0n) is 13.8. The summed E-state index contributed by atoms with van der Waals surface area (Å²) in [5.74, 6) is -1.32. The Morgan fingerprint density at radius 1 is 1.08 bits per heavy atom. The Morgan fingerprint density at radius 3 is 2.52 bits per heavy atom. The van der Waals surface area contributed by atoms with E-state index in [2.05, 4.69) is 0 Å². The molecule has 5 N–H and O–H groups in total. The summed E-state index contributed by atoms with van der Waals surface area (Å²) in [5.41, 5.74) is 0.124. The molecule has 25 heavy (non-hydrogen) atoms. The number of hydrogen-bond acceptors (Lipinski definition) is 7. The van der Waals surface area contributed by atoms with Crippen LogP contribution in [0.4, 0.5) is 0 Å². The molecule has 0 spiro atoms. The van der Waals surface area contributed by atoms with E-state index in [1.807, 2.05) is 0 Å². The van der Waals surface area contributed by atoms with Gasteiger partial charge in [0.2, 0.25) is 11.2 Å². The molecular formula is C18H22O7. The Bertz CT molecular complexity index is 841. The Kier molecular flexibility index (Phi) is 4.73. The summed E-state index contributed by atoms with van der Waals surface area (Å²) in [6.07, 6.45) is -2.15. The lowest BCUT2D eigenvalue weighted by molar-refractivity contribution is -0.0731. The first kappa shape index (κ1) is 17.7. The van der Waals surface area contributed by atoms with Crippen LogP contribution in [0.1, 0.15) is 42.9 Å². The highest BCUT2D eigenvalue weighted by Gasteiger charge is 2.33. The molecule has 7 heteroatoms. The fraction of sp³-hybridized carbons (Fsp3) is 0.500. The topological polar surface area (TPSA) is 131 Å². The van der Waals surface area contributed by atoms with Gasteiger partial charge in [0.1, 0.15) is 22.8 Å². The van der Waals surface area contributed by atoms with Gasteiger partial charge >= 0.3 is 0 Å². The summed E-state index contributed by atoms with van der Waals surface area (Å²) in [5, 5.41) is 49.9. The van der Waals surface area contributed by atoms with Crippen molar-refractivity contribution in [1.29, 1.82) is 0 Å². The fourth-order valence-electron chi connectivity index (χ4n) is 3.50. The largest absolute Gasteiger partial charge is 0.507 e. The third-order valence-corrected chi connectivity index (χ3v) is 4.86. The number of phenols is 1. The summed E-state index contributed by atoms with van der Waals surface area (Å²) < 4.78 is 5.72. The molecule has 7 nitrogen and oxygen atoms in total. The van der Waals surface area contributed by atoms with Crippen LogP contribution in [-0.4, -0.2) is 43.8 Å². The Labute approximate surface area is 143 Å². The molecule has 0 amide bonds. The van der Waals surface area contributed by atoms with Crippen molar-refractivity contribution in [3.8, 4) is 11.5 Å². The minimum absolute atomic E-state index is 0.0325. The van der Waals surface area contributed by atoms with Gasteiger partial charge in [-0.3, -0.25) is 4.79 Å². The van der Waals surface area contributed by atoms with Gasteiger partial charge in [0, 0.05) is 5.92 Å². The van der Waals surface area contributed by atoms with Gasteiger partial charge in [-0.2, -0.15) is 0 Å². The fourth-order valence-corrected chi connectivity index (χ4v) is 3.50. The Morgan fingerprint density at radius 2 is 1.80 bits per heavy atom. The van der Waals surface area contributed by atoms with Crippen LogP contribution in [0.15, 0.2) is 21.3 Å². The minimum Gasteiger partial charge on any atom is -0.507 e. The molecule has 0 saturated heterocycles. The van der Waals surface area contributed by atoms with E-state index in [9.17, 15) is 30.3 Å². The van der Waals surface area contributed by atoms with Crippen LogP contribution < -0.4 is 5.43 Å². The first-order chi connectivity index (χ1) is 11.8. The van der Waals surface area contributed by atoms with Gasteiger partial charge in [-0.1, -0.05) is 6.42 Å². The molecule has 1 aromatic carbocycles. The molecule has 4 unspecified atom stereocenters. The van der Waals surface area contributed by atoms with Gasteiger partial charge in [-0.25, -0.2) is 0 Å². The lowest BCUT2D eigenvalue weighted by Crippen LogP contribution is -2.39. The number of hydrogen-bond donors (Lipinski definition) is 5. The molecule has 1 aliphatic carbocycles. The van der Waals surface area contributed by atoms with Gasteiger partial charge in [0.15, 0.2) is 5.76 Å². The second-order valence-corrected chi connectivity index (χ2v) is 6.79. The number of aryl methyl sites for hydroxylation is 1. The highest BCUT2D eigenvalue weighted by molar-refractivity contribution is 5.85. The molecule has 1 fully saturated rings. The molecule has 136 valence electrons. The maximum atomic E-state index is 12.5. The van der Waals surface area contributed by atoms with Crippen LogP contribution in [-0.2, 0) is 0 Å².